The minimum absolute atomic E-state index is 0.243. The Bertz CT molecular complexity index is 411. The fourth-order valence-corrected chi connectivity index (χ4v) is 2.06. The van der Waals surface area contributed by atoms with Gasteiger partial charge in [-0.05, 0) is 31.5 Å². The number of fused-ring (bicyclic) bond motifs is 1. The number of rotatable bonds is 6. The predicted molar refractivity (Wildman–Crippen MR) is 70.4 cm³/mol. The SMILES string of the molecule is CCOCC(C)NCc1cc(Cl)c2c(c1)OCO2. The molecule has 0 aliphatic carbocycles. The lowest BCUT2D eigenvalue weighted by atomic mass is 10.2. The van der Waals surface area contributed by atoms with E-state index in [1.54, 1.807) is 0 Å². The van der Waals surface area contributed by atoms with Crippen molar-refractivity contribution in [3.63, 3.8) is 0 Å². The number of hydrogen-bond donors (Lipinski definition) is 1. The highest BCUT2D eigenvalue weighted by Gasteiger charge is 2.18. The van der Waals surface area contributed by atoms with E-state index in [-0.39, 0.29) is 6.79 Å². The first-order valence-corrected chi connectivity index (χ1v) is 6.47. The van der Waals surface area contributed by atoms with E-state index in [2.05, 4.69) is 12.2 Å². The summed E-state index contributed by atoms with van der Waals surface area (Å²) in [5.74, 6) is 1.36. The van der Waals surface area contributed by atoms with Crippen LogP contribution >= 0.6 is 11.6 Å². The second-order valence-corrected chi connectivity index (χ2v) is 4.66. The zero-order valence-corrected chi connectivity index (χ0v) is 11.4. The van der Waals surface area contributed by atoms with Gasteiger partial charge < -0.3 is 19.5 Å². The lowest BCUT2D eigenvalue weighted by Crippen LogP contribution is -2.30. The second-order valence-electron chi connectivity index (χ2n) is 4.25. The van der Waals surface area contributed by atoms with E-state index < -0.39 is 0 Å². The molecule has 1 aliphatic heterocycles. The van der Waals surface area contributed by atoms with E-state index in [1.807, 2.05) is 19.1 Å². The quantitative estimate of drug-likeness (QED) is 0.863. The third-order valence-corrected chi connectivity index (χ3v) is 2.99. The molecule has 0 saturated heterocycles. The van der Waals surface area contributed by atoms with Crippen molar-refractivity contribution < 1.29 is 14.2 Å². The van der Waals surface area contributed by atoms with Crippen molar-refractivity contribution >= 4 is 11.6 Å². The van der Waals surface area contributed by atoms with E-state index >= 15 is 0 Å². The number of hydrogen-bond acceptors (Lipinski definition) is 4. The third kappa shape index (κ3) is 3.28. The Balaban J connectivity index is 1.92. The van der Waals surface area contributed by atoms with Crippen molar-refractivity contribution in [1.82, 2.24) is 5.32 Å². The fraction of sp³-hybridized carbons (Fsp3) is 0.538. The van der Waals surface area contributed by atoms with E-state index in [0.29, 0.717) is 23.4 Å². The van der Waals surface area contributed by atoms with Gasteiger partial charge in [-0.2, -0.15) is 0 Å². The van der Waals surface area contributed by atoms with Crippen LogP contribution in [0.25, 0.3) is 0 Å². The van der Waals surface area contributed by atoms with Gasteiger partial charge in [0.2, 0.25) is 6.79 Å². The van der Waals surface area contributed by atoms with Crippen molar-refractivity contribution in [3.8, 4) is 11.5 Å². The number of benzene rings is 1. The molecule has 1 heterocycles. The molecule has 0 saturated carbocycles. The molecular weight excluding hydrogens is 254 g/mol. The highest BCUT2D eigenvalue weighted by Crippen LogP contribution is 2.39. The Morgan fingerprint density at radius 1 is 1.44 bits per heavy atom. The molecule has 100 valence electrons. The van der Waals surface area contributed by atoms with Crippen molar-refractivity contribution in [2.45, 2.75) is 26.4 Å². The molecular formula is C13H18ClNO3. The van der Waals surface area contributed by atoms with Gasteiger partial charge in [-0.15, -0.1) is 0 Å². The van der Waals surface area contributed by atoms with Gasteiger partial charge in [0.15, 0.2) is 11.5 Å². The van der Waals surface area contributed by atoms with E-state index in [1.165, 1.54) is 0 Å². The smallest absolute Gasteiger partial charge is 0.231 e. The summed E-state index contributed by atoms with van der Waals surface area (Å²) in [5.41, 5.74) is 1.08. The molecule has 1 aromatic carbocycles. The van der Waals surface area contributed by atoms with E-state index in [9.17, 15) is 0 Å². The summed E-state index contributed by atoms with van der Waals surface area (Å²) in [6, 6.07) is 4.15. The van der Waals surface area contributed by atoms with Gasteiger partial charge in [0, 0.05) is 19.2 Å². The molecule has 0 radical (unpaired) electrons. The average molecular weight is 272 g/mol. The molecule has 0 spiro atoms. The van der Waals surface area contributed by atoms with Crippen LogP contribution in [0.4, 0.5) is 0 Å². The van der Waals surface area contributed by atoms with Crippen LogP contribution in [0.5, 0.6) is 11.5 Å². The van der Waals surface area contributed by atoms with Crippen LogP contribution in [0.1, 0.15) is 19.4 Å². The van der Waals surface area contributed by atoms with Crippen molar-refractivity contribution in [2.75, 3.05) is 20.0 Å². The minimum atomic E-state index is 0.243. The molecule has 0 fully saturated rings. The molecule has 18 heavy (non-hydrogen) atoms. The average Bonchev–Trinajstić information content (AvgIpc) is 2.82. The lowest BCUT2D eigenvalue weighted by molar-refractivity contribution is 0.127. The van der Waals surface area contributed by atoms with Crippen LogP contribution in [0.15, 0.2) is 12.1 Å². The number of nitrogens with one attached hydrogen (secondary N) is 1. The van der Waals surface area contributed by atoms with Gasteiger partial charge in [-0.3, -0.25) is 0 Å². The van der Waals surface area contributed by atoms with Gasteiger partial charge in [0.25, 0.3) is 0 Å². The monoisotopic (exact) mass is 271 g/mol. The summed E-state index contributed by atoms with van der Waals surface area (Å²) in [7, 11) is 0. The van der Waals surface area contributed by atoms with E-state index in [0.717, 1.165) is 24.5 Å². The Morgan fingerprint density at radius 3 is 3.06 bits per heavy atom. The summed E-state index contributed by atoms with van der Waals surface area (Å²) < 4.78 is 15.9. The zero-order chi connectivity index (χ0) is 13.0. The fourth-order valence-electron chi connectivity index (χ4n) is 1.77. The van der Waals surface area contributed by atoms with Crippen LogP contribution in [-0.4, -0.2) is 26.0 Å². The first kappa shape index (κ1) is 13.5. The molecule has 0 aromatic heterocycles. The van der Waals surface area contributed by atoms with Crippen molar-refractivity contribution in [3.05, 3.63) is 22.7 Å². The van der Waals surface area contributed by atoms with Crippen LogP contribution in [0, 0.1) is 0 Å². The minimum Gasteiger partial charge on any atom is -0.454 e. The van der Waals surface area contributed by atoms with E-state index in [4.69, 9.17) is 25.8 Å². The third-order valence-electron chi connectivity index (χ3n) is 2.71. The normalized spacial score (nSPS) is 14.8. The van der Waals surface area contributed by atoms with Crippen LogP contribution in [0.3, 0.4) is 0 Å². The molecule has 0 amide bonds. The second kappa shape index (κ2) is 6.27. The highest BCUT2D eigenvalue weighted by molar-refractivity contribution is 6.32. The van der Waals surface area contributed by atoms with Gasteiger partial charge in [0.05, 0.1) is 11.6 Å². The first-order valence-electron chi connectivity index (χ1n) is 6.10. The molecule has 2 rings (SSSR count). The molecule has 1 N–H and O–H groups in total. The summed E-state index contributed by atoms with van der Waals surface area (Å²) >= 11 is 6.12. The van der Waals surface area contributed by atoms with Gasteiger partial charge in [0.1, 0.15) is 0 Å². The summed E-state index contributed by atoms with van der Waals surface area (Å²) in [4.78, 5) is 0. The van der Waals surface area contributed by atoms with Gasteiger partial charge in [-0.25, -0.2) is 0 Å². The summed E-state index contributed by atoms with van der Waals surface area (Å²) in [5, 5.41) is 3.97. The molecule has 4 nitrogen and oxygen atoms in total. The largest absolute Gasteiger partial charge is 0.454 e. The van der Waals surface area contributed by atoms with Crippen LogP contribution < -0.4 is 14.8 Å². The van der Waals surface area contributed by atoms with Gasteiger partial charge in [-0.1, -0.05) is 11.6 Å². The standard InChI is InChI=1S/C13H18ClNO3/c1-3-16-7-9(2)15-6-10-4-11(14)13-12(5-10)17-8-18-13/h4-5,9,15H,3,6-8H2,1-2H3. The highest BCUT2D eigenvalue weighted by atomic mass is 35.5. The molecule has 0 bridgehead atoms. The van der Waals surface area contributed by atoms with Gasteiger partial charge >= 0.3 is 0 Å². The molecule has 1 aliphatic rings. The maximum Gasteiger partial charge on any atom is 0.231 e. The summed E-state index contributed by atoms with van der Waals surface area (Å²) in [6.45, 7) is 6.49. The zero-order valence-electron chi connectivity index (χ0n) is 10.7. The Hall–Kier alpha value is -0.970. The molecule has 5 heteroatoms. The topological polar surface area (TPSA) is 39.7 Å². The van der Waals surface area contributed by atoms with Crippen molar-refractivity contribution in [1.29, 1.82) is 0 Å². The molecule has 1 unspecified atom stereocenters. The lowest BCUT2D eigenvalue weighted by Gasteiger charge is -2.14. The molecule has 1 aromatic rings. The predicted octanol–water partition coefficient (Wildman–Crippen LogP) is 2.58. The first-order chi connectivity index (χ1) is 8.70. The molecule has 1 atom stereocenters. The van der Waals surface area contributed by atoms with Crippen LogP contribution in [-0.2, 0) is 11.3 Å². The summed E-state index contributed by atoms with van der Waals surface area (Å²) in [6.07, 6.45) is 0. The Morgan fingerprint density at radius 2 is 2.28 bits per heavy atom. The maximum atomic E-state index is 6.12. The Labute approximate surface area is 112 Å². The van der Waals surface area contributed by atoms with Crippen LogP contribution in [0.2, 0.25) is 5.02 Å². The number of halogens is 1. The number of ether oxygens (including phenoxy) is 3. The maximum absolute atomic E-state index is 6.12. The van der Waals surface area contributed by atoms with Crippen molar-refractivity contribution in [2.24, 2.45) is 0 Å². The Kier molecular flexibility index (Phi) is 4.69.